The molecule has 0 aromatic rings. The van der Waals surface area contributed by atoms with Crippen molar-refractivity contribution in [3.05, 3.63) is 12.2 Å². The molecule has 2 heteroatoms. The van der Waals surface area contributed by atoms with Gasteiger partial charge in [-0.3, -0.25) is 4.79 Å². The number of hydrogen-bond donors (Lipinski definition) is 0. The Morgan fingerprint density at radius 2 is 2.36 bits per heavy atom. The average Bonchev–Trinajstić information content (AvgIpc) is 1.93. The summed E-state index contributed by atoms with van der Waals surface area (Å²) in [7, 11) is 0. The van der Waals surface area contributed by atoms with Gasteiger partial charge in [-0.1, -0.05) is 13.0 Å². The molecular weight excluding hydrogens is 140 g/mol. The average molecular weight is 154 g/mol. The highest BCUT2D eigenvalue weighted by atomic mass is 16.5. The Kier molecular flexibility index (Phi) is 2.69. The fourth-order valence-corrected chi connectivity index (χ4v) is 1.29. The molecule has 0 spiro atoms. The van der Waals surface area contributed by atoms with E-state index in [1.54, 1.807) is 0 Å². The van der Waals surface area contributed by atoms with E-state index in [9.17, 15) is 4.79 Å². The molecule has 11 heavy (non-hydrogen) atoms. The second-order valence-electron chi connectivity index (χ2n) is 3.06. The normalized spacial score (nSPS) is 30.0. The zero-order valence-corrected chi connectivity index (χ0v) is 7.04. The maximum absolute atomic E-state index is 10.6. The molecule has 1 aliphatic rings. The van der Waals surface area contributed by atoms with Crippen LogP contribution in [0.2, 0.25) is 0 Å². The van der Waals surface area contributed by atoms with Crippen LogP contribution in [-0.2, 0) is 9.53 Å². The minimum absolute atomic E-state index is 0.0150. The molecule has 0 saturated heterocycles. The van der Waals surface area contributed by atoms with Gasteiger partial charge in [0.1, 0.15) is 6.10 Å². The standard InChI is InChI=1S/C9H14O2/c1-7-5-3-4-6-9(7)11-8(2)10/h4,6-7,9H,3,5H2,1-2H3. The molecule has 0 fully saturated rings. The molecule has 0 heterocycles. The monoisotopic (exact) mass is 154 g/mol. The first-order valence-electron chi connectivity index (χ1n) is 4.04. The second kappa shape index (κ2) is 3.56. The van der Waals surface area contributed by atoms with Crippen molar-refractivity contribution in [2.75, 3.05) is 0 Å². The first-order valence-corrected chi connectivity index (χ1v) is 4.04. The summed E-state index contributed by atoms with van der Waals surface area (Å²) < 4.78 is 5.08. The quantitative estimate of drug-likeness (QED) is 0.426. The molecule has 0 amide bonds. The van der Waals surface area contributed by atoms with Gasteiger partial charge in [0.05, 0.1) is 0 Å². The maximum atomic E-state index is 10.6. The van der Waals surface area contributed by atoms with Crippen LogP contribution in [0.4, 0.5) is 0 Å². The SMILES string of the molecule is CC(=O)OC1C=CCCC1C. The third-order valence-electron chi connectivity index (χ3n) is 1.98. The van der Waals surface area contributed by atoms with Crippen molar-refractivity contribution in [3.8, 4) is 0 Å². The lowest BCUT2D eigenvalue weighted by atomic mass is 9.93. The number of carbonyl (C=O) groups is 1. The Morgan fingerprint density at radius 3 is 2.91 bits per heavy atom. The van der Waals surface area contributed by atoms with Crippen LogP contribution in [0.1, 0.15) is 26.7 Å². The van der Waals surface area contributed by atoms with E-state index in [4.69, 9.17) is 4.74 Å². The summed E-state index contributed by atoms with van der Waals surface area (Å²) in [5.74, 6) is 0.289. The van der Waals surface area contributed by atoms with Crippen molar-refractivity contribution in [3.63, 3.8) is 0 Å². The third-order valence-corrected chi connectivity index (χ3v) is 1.98. The lowest BCUT2D eigenvalue weighted by Crippen LogP contribution is -2.23. The molecule has 0 aliphatic heterocycles. The molecule has 1 rings (SSSR count). The van der Waals surface area contributed by atoms with Crippen molar-refractivity contribution >= 4 is 5.97 Å². The molecule has 0 aromatic heterocycles. The van der Waals surface area contributed by atoms with Crippen molar-refractivity contribution < 1.29 is 9.53 Å². The van der Waals surface area contributed by atoms with Crippen LogP contribution in [0.5, 0.6) is 0 Å². The van der Waals surface area contributed by atoms with Crippen LogP contribution >= 0.6 is 0 Å². The van der Waals surface area contributed by atoms with E-state index in [-0.39, 0.29) is 12.1 Å². The van der Waals surface area contributed by atoms with Gasteiger partial charge in [-0.15, -0.1) is 0 Å². The number of rotatable bonds is 1. The van der Waals surface area contributed by atoms with Crippen LogP contribution in [0.3, 0.4) is 0 Å². The van der Waals surface area contributed by atoms with Crippen LogP contribution < -0.4 is 0 Å². The molecule has 62 valence electrons. The van der Waals surface area contributed by atoms with Crippen LogP contribution in [-0.4, -0.2) is 12.1 Å². The van der Waals surface area contributed by atoms with Crippen molar-refractivity contribution in [1.29, 1.82) is 0 Å². The molecule has 0 N–H and O–H groups in total. The van der Waals surface area contributed by atoms with Crippen molar-refractivity contribution in [1.82, 2.24) is 0 Å². The van der Waals surface area contributed by atoms with Crippen LogP contribution in [0.25, 0.3) is 0 Å². The van der Waals surface area contributed by atoms with E-state index < -0.39 is 0 Å². The summed E-state index contributed by atoms with van der Waals surface area (Å²) in [4.78, 5) is 10.6. The van der Waals surface area contributed by atoms with Gasteiger partial charge in [-0.05, 0) is 24.8 Å². The van der Waals surface area contributed by atoms with Gasteiger partial charge in [-0.25, -0.2) is 0 Å². The molecule has 2 atom stereocenters. The van der Waals surface area contributed by atoms with Crippen molar-refractivity contribution in [2.24, 2.45) is 5.92 Å². The number of esters is 1. The van der Waals surface area contributed by atoms with Gasteiger partial charge in [0.25, 0.3) is 0 Å². The summed E-state index contributed by atoms with van der Waals surface area (Å²) in [5.41, 5.74) is 0. The molecule has 0 radical (unpaired) electrons. The number of allylic oxidation sites excluding steroid dienone is 1. The Bertz CT molecular complexity index is 172. The van der Waals surface area contributed by atoms with Gasteiger partial charge >= 0.3 is 5.97 Å². The molecule has 0 bridgehead atoms. The zero-order chi connectivity index (χ0) is 8.27. The Labute approximate surface area is 67.2 Å². The summed E-state index contributed by atoms with van der Waals surface area (Å²) in [6.07, 6.45) is 6.30. The van der Waals surface area contributed by atoms with E-state index in [2.05, 4.69) is 13.0 Å². The predicted octanol–water partition coefficient (Wildman–Crippen LogP) is 1.90. The lowest BCUT2D eigenvalue weighted by molar-refractivity contribution is -0.146. The fraction of sp³-hybridized carbons (Fsp3) is 0.667. The Hall–Kier alpha value is -0.790. The number of hydrogen-bond acceptors (Lipinski definition) is 2. The Morgan fingerprint density at radius 1 is 1.64 bits per heavy atom. The van der Waals surface area contributed by atoms with E-state index in [1.807, 2.05) is 6.08 Å². The number of carbonyl (C=O) groups excluding carboxylic acids is 1. The highest BCUT2D eigenvalue weighted by Crippen LogP contribution is 2.20. The van der Waals surface area contributed by atoms with Gasteiger partial charge in [0, 0.05) is 6.92 Å². The largest absolute Gasteiger partial charge is 0.458 e. The summed E-state index contributed by atoms with van der Waals surface area (Å²) in [6, 6.07) is 0. The summed E-state index contributed by atoms with van der Waals surface area (Å²) >= 11 is 0. The van der Waals surface area contributed by atoms with E-state index in [0.717, 1.165) is 12.8 Å². The highest BCUT2D eigenvalue weighted by Gasteiger charge is 2.19. The molecular formula is C9H14O2. The molecule has 2 nitrogen and oxygen atoms in total. The molecule has 2 unspecified atom stereocenters. The second-order valence-corrected chi connectivity index (χ2v) is 3.06. The van der Waals surface area contributed by atoms with Gasteiger partial charge < -0.3 is 4.74 Å². The van der Waals surface area contributed by atoms with E-state index in [1.165, 1.54) is 6.92 Å². The van der Waals surface area contributed by atoms with Crippen LogP contribution in [0.15, 0.2) is 12.2 Å². The summed E-state index contributed by atoms with van der Waals surface area (Å²) in [6.45, 7) is 3.56. The molecule has 0 saturated carbocycles. The third kappa shape index (κ3) is 2.37. The van der Waals surface area contributed by atoms with Crippen molar-refractivity contribution in [2.45, 2.75) is 32.8 Å². The van der Waals surface area contributed by atoms with Gasteiger partial charge in [-0.2, -0.15) is 0 Å². The minimum Gasteiger partial charge on any atom is -0.458 e. The first-order chi connectivity index (χ1) is 5.20. The Balaban J connectivity index is 2.48. The fourth-order valence-electron chi connectivity index (χ4n) is 1.29. The van der Waals surface area contributed by atoms with Gasteiger partial charge in [0.15, 0.2) is 0 Å². The van der Waals surface area contributed by atoms with E-state index in [0.29, 0.717) is 5.92 Å². The summed E-state index contributed by atoms with van der Waals surface area (Å²) in [5, 5.41) is 0. The van der Waals surface area contributed by atoms with Crippen LogP contribution in [0, 0.1) is 5.92 Å². The molecule has 1 aliphatic carbocycles. The topological polar surface area (TPSA) is 26.3 Å². The molecule has 0 aromatic carbocycles. The maximum Gasteiger partial charge on any atom is 0.303 e. The van der Waals surface area contributed by atoms with E-state index >= 15 is 0 Å². The lowest BCUT2D eigenvalue weighted by Gasteiger charge is -2.23. The minimum atomic E-state index is -0.187. The predicted molar refractivity (Wildman–Crippen MR) is 43.1 cm³/mol. The first kappa shape index (κ1) is 8.31. The highest BCUT2D eigenvalue weighted by molar-refractivity contribution is 5.66. The smallest absolute Gasteiger partial charge is 0.303 e. The van der Waals surface area contributed by atoms with Gasteiger partial charge in [0.2, 0.25) is 0 Å². The zero-order valence-electron chi connectivity index (χ0n) is 7.04. The number of ether oxygens (including phenoxy) is 1.